The average Bonchev–Trinajstić information content (AvgIpc) is 2.56. The number of nitrogens with zero attached hydrogens (tertiary/aromatic N) is 1. The highest BCUT2D eigenvalue weighted by Crippen LogP contribution is 2.20. The fourth-order valence-corrected chi connectivity index (χ4v) is 2.69. The van der Waals surface area contributed by atoms with Crippen LogP contribution in [0.15, 0.2) is 48.5 Å². The van der Waals surface area contributed by atoms with Crippen LogP contribution in [0.4, 0.5) is 0 Å². The molecule has 0 bridgehead atoms. The summed E-state index contributed by atoms with van der Waals surface area (Å²) < 4.78 is 5.33. The molecular weight excluding hydrogens is 300 g/mol. The number of benzene rings is 2. The van der Waals surface area contributed by atoms with Gasteiger partial charge in [-0.2, -0.15) is 0 Å². The Balaban J connectivity index is 2.07. The summed E-state index contributed by atoms with van der Waals surface area (Å²) in [6.45, 7) is 2.75. The minimum absolute atomic E-state index is 0.0107. The summed E-state index contributed by atoms with van der Waals surface area (Å²) in [6.07, 6.45) is 0.341. The number of carbonyl (C=O) groups is 1. The maximum atomic E-state index is 12.5. The van der Waals surface area contributed by atoms with Crippen LogP contribution in [-0.2, 0) is 11.2 Å². The third kappa shape index (κ3) is 5.10. The second-order valence-electron chi connectivity index (χ2n) is 6.27. The summed E-state index contributed by atoms with van der Waals surface area (Å²) in [5, 5.41) is 3.14. The number of hydrogen-bond donors (Lipinski definition) is 1. The lowest BCUT2D eigenvalue weighted by Crippen LogP contribution is -2.36. The van der Waals surface area contributed by atoms with Gasteiger partial charge in [0.25, 0.3) is 0 Å². The third-order valence-corrected chi connectivity index (χ3v) is 3.92. The maximum Gasteiger partial charge on any atom is 0.224 e. The zero-order valence-corrected chi connectivity index (χ0v) is 14.9. The molecule has 2 rings (SSSR count). The predicted molar refractivity (Wildman–Crippen MR) is 97.3 cm³/mol. The molecule has 2 aromatic carbocycles. The molecule has 2 aromatic rings. The van der Waals surface area contributed by atoms with Crippen LogP contribution in [0.5, 0.6) is 5.75 Å². The van der Waals surface area contributed by atoms with Crippen LogP contribution < -0.4 is 10.1 Å². The average molecular weight is 326 g/mol. The zero-order valence-electron chi connectivity index (χ0n) is 14.9. The molecule has 0 radical (unpaired) electrons. The molecule has 0 aromatic heterocycles. The molecule has 24 heavy (non-hydrogen) atoms. The molecule has 1 amide bonds. The van der Waals surface area contributed by atoms with Gasteiger partial charge < -0.3 is 15.0 Å². The van der Waals surface area contributed by atoms with E-state index in [-0.39, 0.29) is 11.9 Å². The molecule has 0 saturated heterocycles. The molecule has 0 aliphatic heterocycles. The Morgan fingerprint density at radius 2 is 1.88 bits per heavy atom. The monoisotopic (exact) mass is 326 g/mol. The Morgan fingerprint density at radius 3 is 2.50 bits per heavy atom. The lowest BCUT2D eigenvalue weighted by molar-refractivity contribution is -0.121. The molecule has 0 aliphatic rings. The minimum Gasteiger partial charge on any atom is -0.496 e. The van der Waals surface area contributed by atoms with E-state index in [1.807, 2.05) is 69.6 Å². The molecule has 0 aliphatic carbocycles. The fraction of sp³-hybridized carbons (Fsp3) is 0.350. The number of likely N-dealkylation sites (N-methyl/N-ethyl adjacent to an activating group) is 1. The van der Waals surface area contributed by atoms with E-state index >= 15 is 0 Å². The van der Waals surface area contributed by atoms with Crippen LogP contribution in [-0.4, -0.2) is 38.6 Å². The van der Waals surface area contributed by atoms with Crippen LogP contribution in [0.3, 0.4) is 0 Å². The van der Waals surface area contributed by atoms with Crippen molar-refractivity contribution in [3.63, 3.8) is 0 Å². The minimum atomic E-state index is -0.0268. The van der Waals surface area contributed by atoms with Gasteiger partial charge in [0.05, 0.1) is 19.6 Å². The van der Waals surface area contributed by atoms with E-state index < -0.39 is 0 Å². The van der Waals surface area contributed by atoms with Crippen LogP contribution in [0.1, 0.15) is 22.7 Å². The zero-order chi connectivity index (χ0) is 17.5. The highest BCUT2D eigenvalue weighted by atomic mass is 16.5. The third-order valence-electron chi connectivity index (χ3n) is 3.92. The van der Waals surface area contributed by atoms with Crippen molar-refractivity contribution in [1.29, 1.82) is 0 Å². The van der Waals surface area contributed by atoms with Gasteiger partial charge in [-0.25, -0.2) is 0 Å². The molecule has 4 nitrogen and oxygen atoms in total. The first-order valence-corrected chi connectivity index (χ1v) is 8.12. The molecule has 0 saturated carbocycles. The van der Waals surface area contributed by atoms with Gasteiger partial charge in [-0.05, 0) is 43.8 Å². The van der Waals surface area contributed by atoms with Gasteiger partial charge in [-0.1, -0.05) is 42.5 Å². The second kappa shape index (κ2) is 8.50. The number of rotatable bonds is 7. The SMILES string of the molecule is COc1cc(CC(=O)NC(CN(C)C)c2ccccc2)ccc1C. The van der Waals surface area contributed by atoms with Crippen LogP contribution in [0.25, 0.3) is 0 Å². The van der Waals surface area contributed by atoms with Gasteiger partial charge in [0.15, 0.2) is 0 Å². The largest absolute Gasteiger partial charge is 0.496 e. The highest BCUT2D eigenvalue weighted by Gasteiger charge is 2.16. The number of aryl methyl sites for hydroxylation is 1. The summed E-state index contributed by atoms with van der Waals surface area (Å²) in [5.74, 6) is 0.824. The fourth-order valence-electron chi connectivity index (χ4n) is 2.69. The Hall–Kier alpha value is -2.33. The number of ether oxygens (including phenoxy) is 1. The van der Waals surface area contributed by atoms with E-state index in [1.165, 1.54) is 0 Å². The lowest BCUT2D eigenvalue weighted by atomic mass is 10.0. The molecule has 0 spiro atoms. The normalized spacial score (nSPS) is 12.0. The first-order chi connectivity index (χ1) is 11.5. The van der Waals surface area contributed by atoms with E-state index in [0.29, 0.717) is 6.42 Å². The Kier molecular flexibility index (Phi) is 6.38. The first-order valence-electron chi connectivity index (χ1n) is 8.12. The molecule has 0 fully saturated rings. The molecular formula is C20H26N2O2. The molecule has 0 heterocycles. The van der Waals surface area contributed by atoms with Gasteiger partial charge in [0.1, 0.15) is 5.75 Å². The van der Waals surface area contributed by atoms with Crippen molar-refractivity contribution >= 4 is 5.91 Å². The van der Waals surface area contributed by atoms with Crippen molar-refractivity contribution in [2.75, 3.05) is 27.7 Å². The van der Waals surface area contributed by atoms with Crippen molar-refractivity contribution < 1.29 is 9.53 Å². The van der Waals surface area contributed by atoms with Gasteiger partial charge in [-0.15, -0.1) is 0 Å². The number of methoxy groups -OCH3 is 1. The van der Waals surface area contributed by atoms with E-state index in [1.54, 1.807) is 7.11 Å². The standard InChI is InChI=1S/C20H26N2O2/c1-15-10-11-16(12-19(15)24-4)13-20(23)21-18(14-22(2)3)17-8-6-5-7-9-17/h5-12,18H,13-14H2,1-4H3,(H,21,23). The van der Waals surface area contributed by atoms with Crippen molar-refractivity contribution in [3.05, 3.63) is 65.2 Å². The summed E-state index contributed by atoms with van der Waals surface area (Å²) in [7, 11) is 5.66. The van der Waals surface area contributed by atoms with Gasteiger partial charge in [0, 0.05) is 6.54 Å². The van der Waals surface area contributed by atoms with Crippen LogP contribution in [0.2, 0.25) is 0 Å². The molecule has 1 unspecified atom stereocenters. The van der Waals surface area contributed by atoms with Crippen molar-refractivity contribution in [2.45, 2.75) is 19.4 Å². The van der Waals surface area contributed by atoms with Crippen molar-refractivity contribution in [2.24, 2.45) is 0 Å². The van der Waals surface area contributed by atoms with E-state index in [4.69, 9.17) is 4.74 Å². The quantitative estimate of drug-likeness (QED) is 0.850. The number of amides is 1. The molecule has 1 N–H and O–H groups in total. The number of carbonyl (C=O) groups excluding carboxylic acids is 1. The van der Waals surface area contributed by atoms with Gasteiger partial charge in [-0.3, -0.25) is 4.79 Å². The molecule has 4 heteroatoms. The lowest BCUT2D eigenvalue weighted by Gasteiger charge is -2.23. The van der Waals surface area contributed by atoms with E-state index in [2.05, 4.69) is 10.2 Å². The van der Waals surface area contributed by atoms with Crippen LogP contribution in [0, 0.1) is 6.92 Å². The van der Waals surface area contributed by atoms with E-state index in [9.17, 15) is 4.79 Å². The molecule has 1 atom stereocenters. The Labute approximate surface area is 144 Å². The molecule has 128 valence electrons. The second-order valence-corrected chi connectivity index (χ2v) is 6.27. The van der Waals surface area contributed by atoms with Gasteiger partial charge in [0.2, 0.25) is 5.91 Å². The maximum absolute atomic E-state index is 12.5. The van der Waals surface area contributed by atoms with E-state index in [0.717, 1.165) is 29.0 Å². The first kappa shape index (κ1) is 18.0. The summed E-state index contributed by atoms with van der Waals surface area (Å²) in [5.41, 5.74) is 3.13. The Bertz CT molecular complexity index is 669. The Morgan fingerprint density at radius 1 is 1.17 bits per heavy atom. The van der Waals surface area contributed by atoms with Crippen molar-refractivity contribution in [1.82, 2.24) is 10.2 Å². The number of hydrogen-bond acceptors (Lipinski definition) is 3. The summed E-state index contributed by atoms with van der Waals surface area (Å²) in [4.78, 5) is 14.6. The smallest absolute Gasteiger partial charge is 0.224 e. The number of nitrogens with one attached hydrogen (secondary N) is 1. The van der Waals surface area contributed by atoms with Gasteiger partial charge >= 0.3 is 0 Å². The summed E-state index contributed by atoms with van der Waals surface area (Å²) >= 11 is 0. The summed E-state index contributed by atoms with van der Waals surface area (Å²) in [6, 6.07) is 15.9. The predicted octanol–water partition coefficient (Wildman–Crippen LogP) is 2.97. The highest BCUT2D eigenvalue weighted by molar-refractivity contribution is 5.79. The van der Waals surface area contributed by atoms with Crippen LogP contribution >= 0.6 is 0 Å². The topological polar surface area (TPSA) is 41.6 Å². The van der Waals surface area contributed by atoms with Crippen molar-refractivity contribution in [3.8, 4) is 5.75 Å².